The Morgan fingerprint density at radius 3 is 2.95 bits per heavy atom. The first kappa shape index (κ1) is 14.5. The van der Waals surface area contributed by atoms with E-state index in [4.69, 9.17) is 0 Å². The molecule has 0 saturated heterocycles. The Hall–Kier alpha value is -1.89. The standard InChI is InChI=1S/C13H17N5OS/c1-3-8-14-12(19)9-20-13-15-16-17-18(13)11-7-5-4-6-10(11)2/h4-7H,3,8-9H2,1-2H3,(H,14,19). The molecule has 2 rings (SSSR count). The zero-order valence-electron chi connectivity index (χ0n) is 11.5. The van der Waals surface area contributed by atoms with Crippen LogP contribution < -0.4 is 5.32 Å². The highest BCUT2D eigenvalue weighted by Gasteiger charge is 2.12. The van der Waals surface area contributed by atoms with Crippen LogP contribution in [0.25, 0.3) is 5.69 Å². The molecule has 1 aromatic heterocycles. The minimum atomic E-state index is -0.00353. The van der Waals surface area contributed by atoms with E-state index in [9.17, 15) is 4.79 Å². The lowest BCUT2D eigenvalue weighted by Crippen LogP contribution is -2.25. The van der Waals surface area contributed by atoms with Crippen molar-refractivity contribution in [3.63, 3.8) is 0 Å². The zero-order chi connectivity index (χ0) is 14.4. The summed E-state index contributed by atoms with van der Waals surface area (Å²) >= 11 is 1.33. The smallest absolute Gasteiger partial charge is 0.230 e. The maximum Gasteiger partial charge on any atom is 0.230 e. The number of thioether (sulfide) groups is 1. The predicted molar refractivity (Wildman–Crippen MR) is 77.9 cm³/mol. The van der Waals surface area contributed by atoms with Crippen LogP contribution in [0, 0.1) is 6.92 Å². The summed E-state index contributed by atoms with van der Waals surface area (Å²) in [6, 6.07) is 7.85. The number of carbonyl (C=O) groups is 1. The highest BCUT2D eigenvalue weighted by molar-refractivity contribution is 7.99. The molecule has 0 saturated carbocycles. The van der Waals surface area contributed by atoms with E-state index in [-0.39, 0.29) is 5.91 Å². The summed E-state index contributed by atoms with van der Waals surface area (Å²) in [5, 5.41) is 15.1. The van der Waals surface area contributed by atoms with Crippen LogP contribution in [0.4, 0.5) is 0 Å². The predicted octanol–water partition coefficient (Wildman–Crippen LogP) is 1.59. The molecular weight excluding hydrogens is 274 g/mol. The Morgan fingerprint density at radius 1 is 1.40 bits per heavy atom. The second-order valence-electron chi connectivity index (χ2n) is 4.30. The van der Waals surface area contributed by atoms with Crippen LogP contribution in [0.5, 0.6) is 0 Å². The molecule has 0 fully saturated rings. The number of amides is 1. The van der Waals surface area contributed by atoms with Gasteiger partial charge in [0.15, 0.2) is 0 Å². The fourth-order valence-corrected chi connectivity index (χ4v) is 2.38. The highest BCUT2D eigenvalue weighted by Crippen LogP contribution is 2.19. The van der Waals surface area contributed by atoms with Crippen LogP contribution >= 0.6 is 11.8 Å². The molecule has 20 heavy (non-hydrogen) atoms. The molecule has 2 aromatic rings. The molecule has 0 unspecified atom stereocenters. The lowest BCUT2D eigenvalue weighted by molar-refractivity contribution is -0.118. The molecule has 0 bridgehead atoms. The molecule has 106 valence electrons. The largest absolute Gasteiger partial charge is 0.355 e. The summed E-state index contributed by atoms with van der Waals surface area (Å²) in [6.07, 6.45) is 0.928. The summed E-state index contributed by atoms with van der Waals surface area (Å²) in [5.41, 5.74) is 2.01. The summed E-state index contributed by atoms with van der Waals surface area (Å²) in [5.74, 6) is 0.308. The molecule has 7 heteroatoms. The fourth-order valence-electron chi connectivity index (χ4n) is 1.67. The third-order valence-electron chi connectivity index (χ3n) is 2.69. The molecule has 6 nitrogen and oxygen atoms in total. The molecule has 1 amide bonds. The first-order valence-corrected chi connectivity index (χ1v) is 7.44. The number of tetrazole rings is 1. The van der Waals surface area contributed by atoms with Gasteiger partial charge in [-0.25, -0.2) is 0 Å². The third-order valence-corrected chi connectivity index (χ3v) is 3.61. The van der Waals surface area contributed by atoms with Crippen molar-refractivity contribution in [2.75, 3.05) is 12.3 Å². The van der Waals surface area contributed by atoms with E-state index in [0.717, 1.165) is 17.7 Å². The summed E-state index contributed by atoms with van der Waals surface area (Å²) in [4.78, 5) is 11.6. The second kappa shape index (κ2) is 7.04. The molecule has 1 aromatic carbocycles. The van der Waals surface area contributed by atoms with Crippen LogP contribution in [0.3, 0.4) is 0 Å². The Bertz CT molecular complexity index is 584. The van der Waals surface area contributed by atoms with Gasteiger partial charge in [0.25, 0.3) is 0 Å². The van der Waals surface area contributed by atoms with Gasteiger partial charge >= 0.3 is 0 Å². The highest BCUT2D eigenvalue weighted by atomic mass is 32.2. The maximum absolute atomic E-state index is 11.6. The lowest BCUT2D eigenvalue weighted by atomic mass is 10.2. The number of benzene rings is 1. The van der Waals surface area contributed by atoms with Gasteiger partial charge in [-0.1, -0.05) is 36.9 Å². The lowest BCUT2D eigenvalue weighted by Gasteiger charge is -2.07. The Kier molecular flexibility index (Phi) is 5.11. The number of aryl methyl sites for hydroxylation is 1. The van der Waals surface area contributed by atoms with E-state index >= 15 is 0 Å². The minimum absolute atomic E-state index is 0.00353. The number of nitrogens with one attached hydrogen (secondary N) is 1. The van der Waals surface area contributed by atoms with Gasteiger partial charge in [-0.15, -0.1) is 5.10 Å². The topological polar surface area (TPSA) is 72.7 Å². The van der Waals surface area contributed by atoms with Crippen LogP contribution in [-0.2, 0) is 4.79 Å². The van der Waals surface area contributed by atoms with Crippen molar-refractivity contribution >= 4 is 17.7 Å². The van der Waals surface area contributed by atoms with E-state index < -0.39 is 0 Å². The van der Waals surface area contributed by atoms with Gasteiger partial charge in [0, 0.05) is 6.54 Å². The number of para-hydroxylation sites is 1. The molecule has 0 aliphatic rings. The van der Waals surface area contributed by atoms with Gasteiger partial charge in [0.1, 0.15) is 0 Å². The van der Waals surface area contributed by atoms with Crippen LogP contribution in [0.1, 0.15) is 18.9 Å². The van der Waals surface area contributed by atoms with E-state index in [1.165, 1.54) is 11.8 Å². The average molecular weight is 291 g/mol. The second-order valence-corrected chi connectivity index (χ2v) is 5.24. The molecular formula is C13H17N5OS. The maximum atomic E-state index is 11.6. The first-order valence-electron chi connectivity index (χ1n) is 6.46. The number of carbonyl (C=O) groups excluding carboxylic acids is 1. The van der Waals surface area contributed by atoms with Crippen molar-refractivity contribution in [2.24, 2.45) is 0 Å². The van der Waals surface area contributed by atoms with E-state index in [1.807, 2.05) is 38.1 Å². The van der Waals surface area contributed by atoms with Crippen LogP contribution in [0.2, 0.25) is 0 Å². The SMILES string of the molecule is CCCNC(=O)CSc1nnnn1-c1ccccc1C. The van der Waals surface area contributed by atoms with Crippen molar-refractivity contribution in [3.05, 3.63) is 29.8 Å². The van der Waals surface area contributed by atoms with Crippen molar-refractivity contribution in [3.8, 4) is 5.69 Å². The quantitative estimate of drug-likeness (QED) is 0.818. The normalized spacial score (nSPS) is 10.5. The van der Waals surface area contributed by atoms with Crippen LogP contribution in [0.15, 0.2) is 29.4 Å². The van der Waals surface area contributed by atoms with Gasteiger partial charge in [0.05, 0.1) is 11.4 Å². The summed E-state index contributed by atoms with van der Waals surface area (Å²) in [7, 11) is 0. The Morgan fingerprint density at radius 2 is 2.20 bits per heavy atom. The van der Waals surface area contributed by atoms with Gasteiger partial charge in [-0.05, 0) is 35.4 Å². The van der Waals surface area contributed by atoms with Gasteiger partial charge in [-0.2, -0.15) is 4.68 Å². The van der Waals surface area contributed by atoms with Crippen molar-refractivity contribution < 1.29 is 4.79 Å². The van der Waals surface area contributed by atoms with E-state index in [1.54, 1.807) is 4.68 Å². The van der Waals surface area contributed by atoms with Crippen molar-refractivity contribution in [1.82, 2.24) is 25.5 Å². The molecule has 0 atom stereocenters. The molecule has 0 radical (unpaired) electrons. The van der Waals surface area contributed by atoms with Gasteiger partial charge in [0.2, 0.25) is 11.1 Å². The third kappa shape index (κ3) is 3.57. The molecule has 1 N–H and O–H groups in total. The van der Waals surface area contributed by atoms with Gasteiger partial charge in [-0.3, -0.25) is 4.79 Å². The average Bonchev–Trinajstić information content (AvgIpc) is 2.91. The number of hydrogen-bond acceptors (Lipinski definition) is 5. The van der Waals surface area contributed by atoms with E-state index in [2.05, 4.69) is 20.8 Å². The van der Waals surface area contributed by atoms with Crippen molar-refractivity contribution in [1.29, 1.82) is 0 Å². The molecule has 1 heterocycles. The minimum Gasteiger partial charge on any atom is -0.355 e. The number of nitrogens with zero attached hydrogens (tertiary/aromatic N) is 4. The summed E-state index contributed by atoms with van der Waals surface area (Å²) < 4.78 is 1.66. The summed E-state index contributed by atoms with van der Waals surface area (Å²) in [6.45, 7) is 4.72. The zero-order valence-corrected chi connectivity index (χ0v) is 12.4. The monoisotopic (exact) mass is 291 g/mol. The molecule has 0 aliphatic carbocycles. The Balaban J connectivity index is 2.06. The number of aromatic nitrogens is 4. The fraction of sp³-hybridized carbons (Fsp3) is 0.385. The van der Waals surface area contributed by atoms with Crippen molar-refractivity contribution in [2.45, 2.75) is 25.4 Å². The first-order chi connectivity index (χ1) is 9.72. The number of rotatable bonds is 6. The van der Waals surface area contributed by atoms with E-state index in [0.29, 0.717) is 17.5 Å². The molecule has 0 aliphatic heterocycles. The number of hydrogen-bond donors (Lipinski definition) is 1. The Labute approximate surface area is 121 Å². The molecule has 0 spiro atoms. The van der Waals surface area contributed by atoms with Crippen LogP contribution in [-0.4, -0.2) is 38.4 Å². The van der Waals surface area contributed by atoms with Gasteiger partial charge < -0.3 is 5.32 Å².